The summed E-state index contributed by atoms with van der Waals surface area (Å²) in [5.41, 5.74) is 0.600. The predicted octanol–water partition coefficient (Wildman–Crippen LogP) is 3.64. The number of piperidine rings is 1. The number of carbonyl (C=O) groups excluding carboxylic acids is 1. The topological polar surface area (TPSA) is 38.8 Å². The maximum absolute atomic E-state index is 10.8. The Bertz CT molecular complexity index is 493. The minimum absolute atomic E-state index is 0.600. The number of hydrogen-bond donors (Lipinski definition) is 0. The molecule has 1 aromatic carbocycles. The summed E-state index contributed by atoms with van der Waals surface area (Å²) < 4.78 is 11.1. The van der Waals surface area contributed by atoms with E-state index < -0.39 is 0 Å². The number of aldehydes is 1. The number of nitrogens with zero attached hydrogens (tertiary/aromatic N) is 1. The van der Waals surface area contributed by atoms with Crippen LogP contribution in [-0.4, -0.2) is 44.5 Å². The zero-order valence-corrected chi connectivity index (χ0v) is 14.6. The fourth-order valence-corrected chi connectivity index (χ4v) is 3.47. The van der Waals surface area contributed by atoms with Gasteiger partial charge in [-0.15, -0.1) is 0 Å². The van der Waals surface area contributed by atoms with Crippen LogP contribution in [0.2, 0.25) is 0 Å². The van der Waals surface area contributed by atoms with Gasteiger partial charge in [0.25, 0.3) is 0 Å². The van der Waals surface area contributed by atoms with Gasteiger partial charge in [-0.1, -0.05) is 13.8 Å². The number of benzene rings is 1. The Morgan fingerprint density at radius 2 is 1.91 bits per heavy atom. The molecule has 4 heteroatoms. The second-order valence-electron chi connectivity index (χ2n) is 6.79. The van der Waals surface area contributed by atoms with Crippen LogP contribution in [0.3, 0.4) is 0 Å². The van der Waals surface area contributed by atoms with Gasteiger partial charge in [0.2, 0.25) is 0 Å². The summed E-state index contributed by atoms with van der Waals surface area (Å²) in [6, 6.07) is 5.26. The smallest absolute Gasteiger partial charge is 0.161 e. The summed E-state index contributed by atoms with van der Waals surface area (Å²) in [6.07, 6.45) is 4.34. The average Bonchev–Trinajstić information content (AvgIpc) is 2.53. The summed E-state index contributed by atoms with van der Waals surface area (Å²) in [6.45, 7) is 8.98. The van der Waals surface area contributed by atoms with Gasteiger partial charge >= 0.3 is 0 Å². The molecular formula is C19H29NO3. The van der Waals surface area contributed by atoms with E-state index in [-0.39, 0.29) is 0 Å². The van der Waals surface area contributed by atoms with E-state index in [1.807, 2.05) is 0 Å². The summed E-state index contributed by atoms with van der Waals surface area (Å²) in [5, 5.41) is 0. The van der Waals surface area contributed by atoms with Crippen molar-refractivity contribution in [1.29, 1.82) is 0 Å². The number of carbonyl (C=O) groups is 1. The molecule has 0 saturated carbocycles. The van der Waals surface area contributed by atoms with E-state index in [4.69, 9.17) is 9.47 Å². The second-order valence-corrected chi connectivity index (χ2v) is 6.79. The van der Waals surface area contributed by atoms with Crippen molar-refractivity contribution < 1.29 is 14.3 Å². The molecule has 23 heavy (non-hydrogen) atoms. The number of unbranched alkanes of at least 4 members (excludes halogenated alkanes) is 1. The van der Waals surface area contributed by atoms with Gasteiger partial charge in [0.05, 0.1) is 13.7 Å². The van der Waals surface area contributed by atoms with Gasteiger partial charge in [-0.25, -0.2) is 0 Å². The SMILES string of the molecule is COc1cc(C=O)ccc1OCCCCN1C[C@H](C)C[C@H](C)C1. The van der Waals surface area contributed by atoms with Gasteiger partial charge in [-0.05, 0) is 55.8 Å². The minimum atomic E-state index is 0.600. The maximum Gasteiger partial charge on any atom is 0.161 e. The first-order chi connectivity index (χ1) is 11.1. The van der Waals surface area contributed by atoms with Crippen molar-refractivity contribution in [3.63, 3.8) is 0 Å². The van der Waals surface area contributed by atoms with Gasteiger partial charge < -0.3 is 14.4 Å². The first-order valence-corrected chi connectivity index (χ1v) is 8.60. The van der Waals surface area contributed by atoms with E-state index in [1.54, 1.807) is 25.3 Å². The lowest BCUT2D eigenvalue weighted by Crippen LogP contribution is -2.39. The zero-order valence-electron chi connectivity index (χ0n) is 14.6. The molecule has 1 aliphatic rings. The van der Waals surface area contributed by atoms with Crippen molar-refractivity contribution in [2.45, 2.75) is 33.1 Å². The Labute approximate surface area is 139 Å². The molecule has 1 fully saturated rings. The van der Waals surface area contributed by atoms with Crippen LogP contribution < -0.4 is 9.47 Å². The Kier molecular flexibility index (Phi) is 6.90. The number of hydrogen-bond acceptors (Lipinski definition) is 4. The third-order valence-corrected chi connectivity index (χ3v) is 4.39. The molecule has 0 N–H and O–H groups in total. The predicted molar refractivity (Wildman–Crippen MR) is 92.5 cm³/mol. The molecule has 1 aliphatic heterocycles. The van der Waals surface area contributed by atoms with Crippen LogP contribution in [0.5, 0.6) is 11.5 Å². The number of methoxy groups -OCH3 is 1. The standard InChI is InChI=1S/C19H29NO3/c1-15-10-16(2)13-20(12-15)8-4-5-9-23-18-7-6-17(14-21)11-19(18)22-3/h6-7,11,14-16H,4-5,8-10,12-13H2,1-3H3/t15-,16+. The highest BCUT2D eigenvalue weighted by Crippen LogP contribution is 2.27. The lowest BCUT2D eigenvalue weighted by atomic mass is 9.92. The molecule has 1 saturated heterocycles. The van der Waals surface area contributed by atoms with Gasteiger partial charge in [-0.3, -0.25) is 4.79 Å². The van der Waals surface area contributed by atoms with Crippen molar-refractivity contribution in [2.24, 2.45) is 11.8 Å². The van der Waals surface area contributed by atoms with Crippen molar-refractivity contribution in [1.82, 2.24) is 4.90 Å². The average molecular weight is 319 g/mol. The van der Waals surface area contributed by atoms with E-state index in [0.717, 1.165) is 37.5 Å². The third-order valence-electron chi connectivity index (χ3n) is 4.39. The fourth-order valence-electron chi connectivity index (χ4n) is 3.47. The van der Waals surface area contributed by atoms with Crippen LogP contribution >= 0.6 is 0 Å². The maximum atomic E-state index is 10.8. The normalized spacial score (nSPS) is 21.9. The molecule has 1 heterocycles. The van der Waals surface area contributed by atoms with Crippen LogP contribution in [0, 0.1) is 11.8 Å². The first kappa shape index (κ1) is 17.8. The molecule has 0 bridgehead atoms. The van der Waals surface area contributed by atoms with Gasteiger partial charge in [0.15, 0.2) is 11.5 Å². The summed E-state index contributed by atoms with van der Waals surface area (Å²) in [4.78, 5) is 13.4. The lowest BCUT2D eigenvalue weighted by molar-refractivity contribution is 0.112. The van der Waals surface area contributed by atoms with Crippen LogP contribution in [-0.2, 0) is 0 Å². The molecule has 1 aromatic rings. The van der Waals surface area contributed by atoms with Crippen molar-refractivity contribution in [3.05, 3.63) is 23.8 Å². The molecule has 0 aliphatic carbocycles. The van der Waals surface area contributed by atoms with Crippen LogP contribution in [0.15, 0.2) is 18.2 Å². The van der Waals surface area contributed by atoms with Gasteiger partial charge in [0, 0.05) is 18.7 Å². The van der Waals surface area contributed by atoms with Crippen LogP contribution in [0.4, 0.5) is 0 Å². The molecule has 2 rings (SSSR count). The Balaban J connectivity index is 1.70. The molecule has 0 unspecified atom stereocenters. The van der Waals surface area contributed by atoms with E-state index in [1.165, 1.54) is 19.5 Å². The lowest BCUT2D eigenvalue weighted by Gasteiger charge is -2.34. The van der Waals surface area contributed by atoms with Crippen LogP contribution in [0.1, 0.15) is 43.5 Å². The van der Waals surface area contributed by atoms with Gasteiger partial charge in [0.1, 0.15) is 6.29 Å². The van der Waals surface area contributed by atoms with Crippen molar-refractivity contribution >= 4 is 6.29 Å². The van der Waals surface area contributed by atoms with Gasteiger partial charge in [-0.2, -0.15) is 0 Å². The monoisotopic (exact) mass is 319 g/mol. The molecule has 4 nitrogen and oxygen atoms in total. The fraction of sp³-hybridized carbons (Fsp3) is 0.632. The molecule has 0 aromatic heterocycles. The number of likely N-dealkylation sites (tertiary alicyclic amines) is 1. The first-order valence-electron chi connectivity index (χ1n) is 8.60. The minimum Gasteiger partial charge on any atom is -0.493 e. The highest BCUT2D eigenvalue weighted by molar-refractivity contribution is 5.76. The summed E-state index contributed by atoms with van der Waals surface area (Å²) >= 11 is 0. The van der Waals surface area contributed by atoms with E-state index in [0.29, 0.717) is 23.7 Å². The largest absolute Gasteiger partial charge is 0.493 e. The van der Waals surface area contributed by atoms with E-state index >= 15 is 0 Å². The van der Waals surface area contributed by atoms with Crippen molar-refractivity contribution in [2.75, 3.05) is 33.4 Å². The number of rotatable bonds is 8. The Morgan fingerprint density at radius 3 is 2.57 bits per heavy atom. The second kappa shape index (κ2) is 8.92. The summed E-state index contributed by atoms with van der Waals surface area (Å²) in [7, 11) is 1.59. The molecule has 0 radical (unpaired) electrons. The van der Waals surface area contributed by atoms with Crippen LogP contribution in [0.25, 0.3) is 0 Å². The molecular weight excluding hydrogens is 290 g/mol. The highest BCUT2D eigenvalue weighted by Gasteiger charge is 2.20. The highest BCUT2D eigenvalue weighted by atomic mass is 16.5. The third kappa shape index (κ3) is 5.54. The molecule has 0 amide bonds. The molecule has 128 valence electrons. The Hall–Kier alpha value is -1.55. The van der Waals surface area contributed by atoms with E-state index in [9.17, 15) is 4.79 Å². The number of ether oxygens (including phenoxy) is 2. The molecule has 2 atom stereocenters. The Morgan fingerprint density at radius 1 is 1.17 bits per heavy atom. The zero-order chi connectivity index (χ0) is 16.7. The van der Waals surface area contributed by atoms with E-state index in [2.05, 4.69) is 18.7 Å². The quantitative estimate of drug-likeness (QED) is 0.541. The van der Waals surface area contributed by atoms with Crippen molar-refractivity contribution in [3.8, 4) is 11.5 Å². The summed E-state index contributed by atoms with van der Waals surface area (Å²) in [5.74, 6) is 2.96. The molecule has 0 spiro atoms.